The predicted octanol–water partition coefficient (Wildman–Crippen LogP) is 3.27. The predicted molar refractivity (Wildman–Crippen MR) is 118 cm³/mol. The van der Waals surface area contributed by atoms with E-state index in [2.05, 4.69) is 33.6 Å². The number of anilines is 1. The van der Waals surface area contributed by atoms with Crippen molar-refractivity contribution < 1.29 is 14.6 Å². The zero-order chi connectivity index (χ0) is 21.5. The second kappa shape index (κ2) is 8.78. The highest BCUT2D eigenvalue weighted by Gasteiger charge is 2.51. The van der Waals surface area contributed by atoms with E-state index in [1.165, 1.54) is 0 Å². The molecule has 4 rings (SSSR count). The van der Waals surface area contributed by atoms with Gasteiger partial charge in [0.2, 0.25) is 0 Å². The number of rotatable bonds is 5. The van der Waals surface area contributed by atoms with Gasteiger partial charge >= 0.3 is 0 Å². The smallest absolute Gasteiger partial charge is 0.185 e. The molecule has 1 spiro atoms. The van der Waals surface area contributed by atoms with E-state index in [-0.39, 0.29) is 11.7 Å². The molecule has 3 aliphatic rings. The van der Waals surface area contributed by atoms with Crippen molar-refractivity contribution in [2.24, 2.45) is 11.3 Å². The van der Waals surface area contributed by atoms with Crippen molar-refractivity contribution >= 4 is 19.8 Å². The molecule has 1 aromatic heterocycles. The molecule has 7 nitrogen and oxygen atoms in total. The molecule has 166 valence electrons. The van der Waals surface area contributed by atoms with Crippen LogP contribution in [0.3, 0.4) is 0 Å². The highest BCUT2D eigenvalue weighted by atomic mass is 31.2. The summed E-state index contributed by atoms with van der Waals surface area (Å²) in [5.74, 6) is 1.49. The molecule has 0 amide bonds. The number of Topliss-reactive ketones (excluding diaryl/α,β-unsaturated/α-hetero) is 1. The van der Waals surface area contributed by atoms with Crippen LogP contribution in [-0.2, 0) is 4.79 Å². The first-order valence-electron chi connectivity index (χ1n) is 11.3. The van der Waals surface area contributed by atoms with E-state index in [9.17, 15) is 14.6 Å². The number of ketones is 1. The third-order valence-corrected chi connectivity index (χ3v) is 8.62. The Hall–Kier alpha value is -1.14. The van der Waals surface area contributed by atoms with Crippen LogP contribution < -0.4 is 4.90 Å². The number of carbonyl (C=O) groups is 1. The maximum Gasteiger partial charge on any atom is 0.185 e. The number of hydrogen-bond donors (Lipinski definition) is 2. The third-order valence-electron chi connectivity index (χ3n) is 7.63. The lowest BCUT2D eigenvalue weighted by Gasteiger charge is -2.57. The zero-order valence-electron chi connectivity index (χ0n) is 18.4. The van der Waals surface area contributed by atoms with Gasteiger partial charge in [0.25, 0.3) is 0 Å². The number of aromatic nitrogens is 2. The third kappa shape index (κ3) is 4.40. The number of nitrogens with zero attached hydrogens (tertiary/aromatic N) is 4. The summed E-state index contributed by atoms with van der Waals surface area (Å²) in [4.78, 5) is 45.5. The molecular formula is C22H35N4O3P. The van der Waals surface area contributed by atoms with E-state index >= 15 is 0 Å². The van der Waals surface area contributed by atoms with E-state index in [1.54, 1.807) is 6.92 Å². The standard InChI is InChI=1S/C22H35N4O3P/c1-15(2)21-23-12-19(13-24-21)25-8-9-26(20(14-25)30(28)29)18-10-22(11-18)6-4-17(5-7-22)16(3)27/h12-13,15,17-18,20,28-29H,4-11,14H2,1-3H3. The van der Waals surface area contributed by atoms with Gasteiger partial charge in [-0.15, -0.1) is 0 Å². The topological polar surface area (TPSA) is 89.8 Å². The summed E-state index contributed by atoms with van der Waals surface area (Å²) < 4.78 is 0. The number of carbonyl (C=O) groups excluding carboxylic acids is 1. The Kier molecular flexibility index (Phi) is 6.45. The summed E-state index contributed by atoms with van der Waals surface area (Å²) in [6.45, 7) is 8.15. The fraction of sp³-hybridized carbons (Fsp3) is 0.773. The quantitative estimate of drug-likeness (QED) is 0.688. The molecule has 2 saturated carbocycles. The molecule has 1 aromatic rings. The monoisotopic (exact) mass is 434 g/mol. The SMILES string of the molecule is CC(=O)C1CCC2(CC1)CC(N1CCN(c3cnc(C(C)C)nc3)CC1P(O)O)C2. The molecule has 2 heterocycles. The van der Waals surface area contributed by atoms with Crippen LogP contribution in [0.4, 0.5) is 5.69 Å². The van der Waals surface area contributed by atoms with Crippen molar-refractivity contribution in [1.29, 1.82) is 0 Å². The van der Waals surface area contributed by atoms with Crippen LogP contribution in [0.2, 0.25) is 0 Å². The lowest BCUT2D eigenvalue weighted by molar-refractivity contribution is -0.124. The van der Waals surface area contributed by atoms with Gasteiger partial charge in [0.1, 0.15) is 11.6 Å². The van der Waals surface area contributed by atoms with Crippen molar-refractivity contribution in [3.63, 3.8) is 0 Å². The lowest BCUT2D eigenvalue weighted by Crippen LogP contribution is -2.61. The molecule has 2 aliphatic carbocycles. The Morgan fingerprint density at radius 1 is 1.17 bits per heavy atom. The van der Waals surface area contributed by atoms with E-state index in [1.807, 2.05) is 12.4 Å². The van der Waals surface area contributed by atoms with Crippen molar-refractivity contribution in [2.75, 3.05) is 24.5 Å². The first-order valence-corrected chi connectivity index (χ1v) is 12.6. The van der Waals surface area contributed by atoms with Crippen LogP contribution in [0.1, 0.15) is 71.0 Å². The second-order valence-corrected chi connectivity index (χ2v) is 11.1. The molecule has 0 aromatic carbocycles. The average molecular weight is 435 g/mol. The van der Waals surface area contributed by atoms with Gasteiger partial charge in [-0.3, -0.25) is 9.69 Å². The van der Waals surface area contributed by atoms with Crippen LogP contribution in [0.15, 0.2) is 12.4 Å². The van der Waals surface area contributed by atoms with Gasteiger partial charge in [0.05, 0.1) is 23.9 Å². The summed E-state index contributed by atoms with van der Waals surface area (Å²) in [6, 6.07) is 0.426. The molecule has 3 fully saturated rings. The minimum atomic E-state index is -2.04. The zero-order valence-corrected chi connectivity index (χ0v) is 19.3. The Balaban J connectivity index is 1.36. The van der Waals surface area contributed by atoms with Gasteiger partial charge in [-0.1, -0.05) is 13.8 Å². The minimum absolute atomic E-state index is 0.241. The van der Waals surface area contributed by atoms with Gasteiger partial charge in [0, 0.05) is 37.5 Å². The van der Waals surface area contributed by atoms with Crippen LogP contribution in [-0.4, -0.2) is 61.9 Å². The van der Waals surface area contributed by atoms with Crippen molar-refractivity contribution in [2.45, 2.75) is 77.0 Å². The van der Waals surface area contributed by atoms with Crippen LogP contribution in [0, 0.1) is 11.3 Å². The Morgan fingerprint density at radius 3 is 2.33 bits per heavy atom. The molecule has 0 radical (unpaired) electrons. The van der Waals surface area contributed by atoms with Gasteiger partial charge in [-0.2, -0.15) is 0 Å². The summed E-state index contributed by atoms with van der Waals surface area (Å²) in [6.07, 6.45) is 10.3. The highest BCUT2D eigenvalue weighted by Crippen LogP contribution is 2.56. The van der Waals surface area contributed by atoms with Gasteiger partial charge in [-0.25, -0.2) is 9.97 Å². The van der Waals surface area contributed by atoms with Crippen molar-refractivity contribution in [1.82, 2.24) is 14.9 Å². The number of hydrogen-bond acceptors (Lipinski definition) is 7. The molecule has 8 heteroatoms. The fourth-order valence-electron chi connectivity index (χ4n) is 5.66. The van der Waals surface area contributed by atoms with Gasteiger partial charge in [0.15, 0.2) is 8.38 Å². The lowest BCUT2D eigenvalue weighted by atomic mass is 9.56. The molecule has 1 unspecified atom stereocenters. The van der Waals surface area contributed by atoms with E-state index in [0.29, 0.717) is 29.7 Å². The first-order chi connectivity index (χ1) is 14.3. The van der Waals surface area contributed by atoms with Crippen molar-refractivity contribution in [3.8, 4) is 0 Å². The molecular weight excluding hydrogens is 399 g/mol. The second-order valence-electron chi connectivity index (χ2n) is 9.89. The van der Waals surface area contributed by atoms with Crippen molar-refractivity contribution in [3.05, 3.63) is 18.2 Å². The maximum absolute atomic E-state index is 11.7. The molecule has 1 aliphatic heterocycles. The molecule has 0 bridgehead atoms. The summed E-state index contributed by atoms with van der Waals surface area (Å²) in [5, 5.41) is 0. The normalized spacial score (nSPS) is 32.6. The Bertz CT molecular complexity index is 741. The Labute approximate surface area is 180 Å². The number of piperazine rings is 1. The van der Waals surface area contributed by atoms with Gasteiger partial charge < -0.3 is 14.7 Å². The van der Waals surface area contributed by atoms with E-state index in [0.717, 1.165) is 63.1 Å². The van der Waals surface area contributed by atoms with Crippen LogP contribution in [0.5, 0.6) is 0 Å². The molecule has 2 N–H and O–H groups in total. The van der Waals surface area contributed by atoms with Crippen LogP contribution >= 0.6 is 8.38 Å². The van der Waals surface area contributed by atoms with E-state index < -0.39 is 8.38 Å². The minimum Gasteiger partial charge on any atom is -0.366 e. The average Bonchev–Trinajstić information content (AvgIpc) is 2.71. The maximum atomic E-state index is 11.7. The summed E-state index contributed by atoms with van der Waals surface area (Å²) in [7, 11) is -2.04. The first kappa shape index (κ1) is 22.1. The van der Waals surface area contributed by atoms with Crippen LogP contribution in [0.25, 0.3) is 0 Å². The molecule has 30 heavy (non-hydrogen) atoms. The largest absolute Gasteiger partial charge is 0.366 e. The molecule has 1 atom stereocenters. The summed E-state index contributed by atoms with van der Waals surface area (Å²) in [5.41, 5.74) is 1.33. The van der Waals surface area contributed by atoms with Gasteiger partial charge in [-0.05, 0) is 50.9 Å². The molecule has 1 saturated heterocycles. The van der Waals surface area contributed by atoms with E-state index in [4.69, 9.17) is 0 Å². The highest BCUT2D eigenvalue weighted by molar-refractivity contribution is 7.45. The Morgan fingerprint density at radius 2 is 1.80 bits per heavy atom. The fourth-order valence-corrected chi connectivity index (χ4v) is 6.57. The summed E-state index contributed by atoms with van der Waals surface area (Å²) >= 11 is 0.